The third kappa shape index (κ3) is 9.63. The van der Waals surface area contributed by atoms with Crippen LogP contribution in [0.2, 0.25) is 0 Å². The topological polar surface area (TPSA) is 142 Å². The summed E-state index contributed by atoms with van der Waals surface area (Å²) in [5.41, 5.74) is 4.41. The molecule has 0 bridgehead atoms. The van der Waals surface area contributed by atoms with Crippen LogP contribution in [-0.2, 0) is 20.7 Å². The molecule has 2 aromatic carbocycles. The minimum Gasteiger partial charge on any atom is -0.460 e. The average molecular weight is 798 g/mol. The second-order valence-electron chi connectivity index (χ2n) is 15.3. The number of ether oxygens (including phenoxy) is 4. The number of aromatic nitrogens is 2. The van der Waals surface area contributed by atoms with Crippen molar-refractivity contribution in [1.29, 1.82) is 0 Å². The van der Waals surface area contributed by atoms with Crippen LogP contribution < -0.4 is 9.47 Å². The molecule has 4 aliphatic rings. The normalized spacial score (nSPS) is 27.1. The second-order valence-corrected chi connectivity index (χ2v) is 16.6. The van der Waals surface area contributed by atoms with Gasteiger partial charge in [-0.05, 0) is 92.0 Å². The molecule has 0 spiro atoms. The van der Waals surface area contributed by atoms with Crippen LogP contribution in [0.15, 0.2) is 90.5 Å². The quantitative estimate of drug-likeness (QED) is 0.0495. The molecule has 1 saturated heterocycles. The summed E-state index contributed by atoms with van der Waals surface area (Å²) >= 11 is 1.79. The third-order valence-corrected chi connectivity index (χ3v) is 12.9. The van der Waals surface area contributed by atoms with E-state index >= 15 is 0 Å². The van der Waals surface area contributed by atoms with Crippen molar-refractivity contribution in [1.82, 2.24) is 9.97 Å². The molecule has 7 unspecified atom stereocenters. The zero-order valence-corrected chi connectivity index (χ0v) is 33.4. The minimum atomic E-state index is -1.09. The number of aryl methyl sites for hydroxylation is 1. The van der Waals surface area contributed by atoms with E-state index < -0.39 is 12.1 Å². The van der Waals surface area contributed by atoms with Crippen LogP contribution in [0, 0.1) is 17.8 Å². The van der Waals surface area contributed by atoms with Crippen molar-refractivity contribution in [3.63, 3.8) is 0 Å². The van der Waals surface area contributed by atoms with E-state index in [4.69, 9.17) is 28.9 Å². The molecule has 7 atom stereocenters. The summed E-state index contributed by atoms with van der Waals surface area (Å²) in [6.45, 7) is 5.25. The van der Waals surface area contributed by atoms with E-state index in [1.165, 1.54) is 0 Å². The summed E-state index contributed by atoms with van der Waals surface area (Å²) in [5, 5.41) is 24.5. The molecule has 57 heavy (non-hydrogen) atoms. The molecule has 304 valence electrons. The lowest BCUT2D eigenvalue weighted by Gasteiger charge is -2.58. The SMILES string of the molecule is C=CCOC12Oc3ccc(Oc4cccc(C=O)c4)cc3C3C(CCCCO)C(CCCCO)C=C(C(=NOC4CCCCO4)CC1SCCc1cnccn1)C32. The molecule has 2 aliphatic carbocycles. The molecule has 0 radical (unpaired) electrons. The number of benzene rings is 2. The summed E-state index contributed by atoms with van der Waals surface area (Å²) in [5.74, 6) is 1.56. The first-order valence-electron chi connectivity index (χ1n) is 20.5. The molecular weight excluding hydrogens is 743 g/mol. The predicted octanol–water partition coefficient (Wildman–Crippen LogP) is 8.22. The Balaban J connectivity index is 1.36. The fourth-order valence-electron chi connectivity index (χ4n) is 9.01. The van der Waals surface area contributed by atoms with Crippen LogP contribution in [-0.4, -0.2) is 81.7 Å². The Bertz CT molecular complexity index is 1850. The van der Waals surface area contributed by atoms with E-state index in [1.54, 1.807) is 42.4 Å². The number of hydrogen-bond donors (Lipinski definition) is 2. The number of aliphatic hydroxyl groups is 2. The molecule has 1 aromatic heterocycles. The molecule has 1 saturated carbocycles. The Morgan fingerprint density at radius 2 is 1.89 bits per heavy atom. The van der Waals surface area contributed by atoms with Gasteiger partial charge in [0.15, 0.2) is 0 Å². The van der Waals surface area contributed by atoms with Gasteiger partial charge in [0.05, 0.1) is 35.8 Å². The maximum Gasteiger partial charge on any atom is 0.230 e. The Hall–Kier alpha value is -4.07. The molecule has 2 fully saturated rings. The molecular formula is C45H55N3O8S. The molecule has 0 amide bonds. The maximum absolute atomic E-state index is 11.6. The number of unbranched alkanes of at least 4 members (excludes halogenated alkanes) is 2. The van der Waals surface area contributed by atoms with Gasteiger partial charge in [-0.15, -0.1) is 6.58 Å². The van der Waals surface area contributed by atoms with Crippen LogP contribution in [0.5, 0.6) is 17.2 Å². The highest BCUT2D eigenvalue weighted by Crippen LogP contribution is 2.62. The lowest BCUT2D eigenvalue weighted by Crippen LogP contribution is -2.64. The van der Waals surface area contributed by atoms with E-state index in [2.05, 4.69) is 28.7 Å². The molecule has 3 heterocycles. The van der Waals surface area contributed by atoms with Gasteiger partial charge in [0.25, 0.3) is 0 Å². The summed E-state index contributed by atoms with van der Waals surface area (Å²) < 4.78 is 26.8. The number of fused-ring (bicyclic) bond motifs is 2. The number of aldehydes is 1. The molecule has 12 heteroatoms. The first kappa shape index (κ1) is 41.1. The summed E-state index contributed by atoms with van der Waals surface area (Å²) in [7, 11) is 0. The van der Waals surface area contributed by atoms with E-state index in [0.717, 1.165) is 91.7 Å². The van der Waals surface area contributed by atoms with Crippen LogP contribution in [0.1, 0.15) is 91.7 Å². The zero-order chi connectivity index (χ0) is 39.5. The fourth-order valence-corrected chi connectivity index (χ4v) is 10.4. The highest BCUT2D eigenvalue weighted by atomic mass is 32.2. The van der Waals surface area contributed by atoms with Gasteiger partial charge in [0.2, 0.25) is 12.1 Å². The minimum absolute atomic E-state index is 0.0826. The van der Waals surface area contributed by atoms with Gasteiger partial charge in [0, 0.05) is 68.1 Å². The highest BCUT2D eigenvalue weighted by Gasteiger charge is 2.64. The first-order valence-corrected chi connectivity index (χ1v) is 21.6. The van der Waals surface area contributed by atoms with Crippen LogP contribution in [0.25, 0.3) is 0 Å². The van der Waals surface area contributed by atoms with Gasteiger partial charge in [-0.25, -0.2) is 0 Å². The molecule has 2 aliphatic heterocycles. The first-order chi connectivity index (χ1) is 28.1. The predicted molar refractivity (Wildman–Crippen MR) is 220 cm³/mol. The van der Waals surface area contributed by atoms with Crippen molar-refractivity contribution < 1.29 is 38.8 Å². The zero-order valence-electron chi connectivity index (χ0n) is 32.6. The molecule has 2 N–H and O–H groups in total. The van der Waals surface area contributed by atoms with Crippen LogP contribution in [0.3, 0.4) is 0 Å². The van der Waals surface area contributed by atoms with Gasteiger partial charge >= 0.3 is 0 Å². The van der Waals surface area contributed by atoms with E-state index in [1.807, 2.05) is 30.5 Å². The maximum atomic E-state index is 11.6. The summed E-state index contributed by atoms with van der Waals surface area (Å²) in [6.07, 6.45) is 18.8. The van der Waals surface area contributed by atoms with Crippen molar-refractivity contribution in [2.24, 2.45) is 22.9 Å². The fraction of sp³-hybridized carbons (Fsp3) is 0.511. The highest BCUT2D eigenvalue weighted by molar-refractivity contribution is 8.00. The van der Waals surface area contributed by atoms with Gasteiger partial charge in [-0.3, -0.25) is 14.8 Å². The van der Waals surface area contributed by atoms with Crippen LogP contribution in [0.4, 0.5) is 0 Å². The van der Waals surface area contributed by atoms with Gasteiger partial charge < -0.3 is 34.0 Å². The number of aliphatic hydroxyl groups excluding tert-OH is 2. The van der Waals surface area contributed by atoms with Crippen LogP contribution >= 0.6 is 11.8 Å². The van der Waals surface area contributed by atoms with Crippen molar-refractivity contribution in [3.05, 3.63) is 102 Å². The Morgan fingerprint density at radius 1 is 1.04 bits per heavy atom. The van der Waals surface area contributed by atoms with E-state index in [0.29, 0.717) is 42.9 Å². The number of nitrogens with zero attached hydrogens (tertiary/aromatic N) is 3. The Morgan fingerprint density at radius 3 is 2.67 bits per heavy atom. The average Bonchev–Trinajstić information content (AvgIpc) is 3.25. The van der Waals surface area contributed by atoms with Crippen molar-refractivity contribution >= 4 is 23.8 Å². The Kier molecular flexibility index (Phi) is 14.5. The molecule has 11 nitrogen and oxygen atoms in total. The second kappa shape index (κ2) is 20.1. The summed E-state index contributed by atoms with van der Waals surface area (Å²) in [4.78, 5) is 26.7. The lowest BCUT2D eigenvalue weighted by molar-refractivity contribution is -0.223. The van der Waals surface area contributed by atoms with Crippen molar-refractivity contribution in [3.8, 4) is 17.2 Å². The third-order valence-electron chi connectivity index (χ3n) is 11.6. The number of rotatable bonds is 20. The summed E-state index contributed by atoms with van der Waals surface area (Å²) in [6, 6.07) is 13.1. The molecule has 3 aromatic rings. The number of thioether (sulfide) groups is 1. The largest absolute Gasteiger partial charge is 0.460 e. The van der Waals surface area contributed by atoms with Gasteiger partial charge in [-0.1, -0.05) is 42.3 Å². The standard InChI is InChI=1S/C45H55N3O8S/c1-2-22-53-45-41(57-24-17-33-29-46-18-19-47-33)28-39(48-56-42-14-5-8-23-52-42)37-26-32(11-3-6-20-49)36(13-4-7-21-50)43(44(37)45)38-27-35(15-16-40(38)55-45)54-34-12-9-10-31(25-34)30-51/h2,9-10,12,15-16,18-19,25-27,29-30,32,36,41-44,49-50H,1,3-8,11,13-14,17,20-24,28H2. The number of hydrogen-bond acceptors (Lipinski definition) is 12. The van der Waals surface area contributed by atoms with Crippen molar-refractivity contribution in [2.75, 3.05) is 32.2 Å². The molecule has 7 rings (SSSR count). The smallest absolute Gasteiger partial charge is 0.230 e. The monoisotopic (exact) mass is 797 g/mol. The number of carbonyl (C=O) groups is 1. The van der Waals surface area contributed by atoms with Gasteiger partial charge in [-0.2, -0.15) is 11.8 Å². The van der Waals surface area contributed by atoms with Gasteiger partial charge in [0.1, 0.15) is 23.5 Å². The Labute approximate surface area is 339 Å². The lowest BCUT2D eigenvalue weighted by atomic mass is 9.56. The number of carbonyl (C=O) groups excluding carboxylic acids is 1. The van der Waals surface area contributed by atoms with E-state index in [-0.39, 0.29) is 48.7 Å². The number of allylic oxidation sites excluding steroid dienone is 1. The van der Waals surface area contributed by atoms with Crippen molar-refractivity contribution in [2.45, 2.75) is 93.9 Å². The number of oxime groups is 1. The van der Waals surface area contributed by atoms with E-state index in [9.17, 15) is 15.0 Å².